The minimum atomic E-state index is -5.27. The van der Waals surface area contributed by atoms with E-state index in [1.807, 2.05) is 0 Å². The Balaban J connectivity index is 3.32. The molecule has 1 rings (SSSR count). The van der Waals surface area contributed by atoms with E-state index < -0.39 is 24.0 Å². The molecule has 0 aliphatic rings. The molecular weight excluding hydrogens is 212 g/mol. The van der Waals surface area contributed by atoms with Crippen LogP contribution in [0.5, 0.6) is 5.75 Å². The zero-order chi connectivity index (χ0) is 11.6. The quantitative estimate of drug-likeness (QED) is 0.782. The van der Waals surface area contributed by atoms with E-state index >= 15 is 0 Å². The highest BCUT2D eigenvalue weighted by atomic mass is 19.4. The molecule has 0 heterocycles. The molecule has 7 heteroatoms. The van der Waals surface area contributed by atoms with Gasteiger partial charge in [0, 0.05) is 0 Å². The van der Waals surface area contributed by atoms with Gasteiger partial charge in [-0.25, -0.2) is 4.79 Å². The Labute approximate surface area is 83.5 Å². The van der Waals surface area contributed by atoms with Crippen molar-refractivity contribution in [2.24, 2.45) is 0 Å². The molecule has 0 aliphatic carbocycles. The SMILES string of the molecule is COc1ccc(C(=O)O)cc1[B-](F)(F)F. The van der Waals surface area contributed by atoms with Gasteiger partial charge in [-0.2, -0.15) is 0 Å². The fraction of sp³-hybridized carbons (Fsp3) is 0.125. The highest BCUT2D eigenvalue weighted by Crippen LogP contribution is 2.18. The van der Waals surface area contributed by atoms with E-state index in [4.69, 9.17) is 5.11 Å². The lowest BCUT2D eigenvalue weighted by molar-refractivity contribution is 0.0697. The van der Waals surface area contributed by atoms with Crippen LogP contribution >= 0.6 is 0 Å². The molecule has 0 spiro atoms. The van der Waals surface area contributed by atoms with Gasteiger partial charge in [-0.1, -0.05) is 11.5 Å². The van der Waals surface area contributed by atoms with Crippen LogP contribution in [-0.4, -0.2) is 25.2 Å². The Morgan fingerprint density at radius 2 is 2.00 bits per heavy atom. The highest BCUT2D eigenvalue weighted by molar-refractivity contribution is 6.74. The molecule has 0 bridgehead atoms. The van der Waals surface area contributed by atoms with Crippen molar-refractivity contribution in [3.05, 3.63) is 23.8 Å². The Kier molecular flexibility index (Phi) is 2.92. The first-order valence-electron chi connectivity index (χ1n) is 3.97. The molecule has 0 aliphatic heterocycles. The summed E-state index contributed by atoms with van der Waals surface area (Å²) in [5, 5.41) is 8.54. The lowest BCUT2D eigenvalue weighted by Gasteiger charge is -2.18. The molecule has 3 nitrogen and oxygen atoms in total. The molecule has 1 aromatic carbocycles. The summed E-state index contributed by atoms with van der Waals surface area (Å²) in [5.41, 5.74) is -1.44. The molecule has 0 saturated carbocycles. The zero-order valence-electron chi connectivity index (χ0n) is 7.71. The topological polar surface area (TPSA) is 46.5 Å². The van der Waals surface area contributed by atoms with Gasteiger partial charge in [0.1, 0.15) is 0 Å². The minimum absolute atomic E-state index is 0.368. The molecule has 0 saturated heterocycles. The van der Waals surface area contributed by atoms with Crippen molar-refractivity contribution < 1.29 is 27.6 Å². The Morgan fingerprint density at radius 3 is 2.40 bits per heavy atom. The first-order valence-corrected chi connectivity index (χ1v) is 3.97. The van der Waals surface area contributed by atoms with E-state index in [-0.39, 0.29) is 5.75 Å². The van der Waals surface area contributed by atoms with Gasteiger partial charge < -0.3 is 22.8 Å². The van der Waals surface area contributed by atoms with E-state index in [0.717, 1.165) is 19.2 Å². The highest BCUT2D eigenvalue weighted by Gasteiger charge is 2.29. The number of benzene rings is 1. The second-order valence-corrected chi connectivity index (χ2v) is 2.84. The Hall–Kier alpha value is -1.66. The van der Waals surface area contributed by atoms with Gasteiger partial charge in [0.05, 0.1) is 18.4 Å². The molecular formula is C8H7BF3O3-. The van der Waals surface area contributed by atoms with Gasteiger partial charge in [0.15, 0.2) is 0 Å². The van der Waals surface area contributed by atoms with E-state index in [2.05, 4.69) is 4.74 Å². The van der Waals surface area contributed by atoms with Crippen LogP contribution in [0, 0.1) is 0 Å². The summed E-state index contributed by atoms with van der Waals surface area (Å²) in [6.45, 7) is -5.27. The summed E-state index contributed by atoms with van der Waals surface area (Å²) in [6.07, 6.45) is 0. The van der Waals surface area contributed by atoms with Crippen molar-refractivity contribution in [2.75, 3.05) is 7.11 Å². The maximum absolute atomic E-state index is 12.5. The maximum atomic E-state index is 12.5. The van der Waals surface area contributed by atoms with Gasteiger partial charge in [-0.3, -0.25) is 0 Å². The maximum Gasteiger partial charge on any atom is 0.513 e. The van der Waals surface area contributed by atoms with Gasteiger partial charge in [0.2, 0.25) is 0 Å². The number of carbonyl (C=O) groups is 1. The molecule has 0 unspecified atom stereocenters. The smallest absolute Gasteiger partial charge is 0.500 e. The van der Waals surface area contributed by atoms with Crippen LogP contribution in [0.15, 0.2) is 18.2 Å². The van der Waals surface area contributed by atoms with Crippen molar-refractivity contribution in [3.63, 3.8) is 0 Å². The number of hydrogen-bond donors (Lipinski definition) is 1. The predicted molar refractivity (Wildman–Crippen MR) is 48.7 cm³/mol. The van der Waals surface area contributed by atoms with E-state index in [1.54, 1.807) is 0 Å². The molecule has 0 fully saturated rings. The Morgan fingerprint density at radius 1 is 1.40 bits per heavy atom. The number of rotatable bonds is 3. The number of ether oxygens (including phenoxy) is 1. The van der Waals surface area contributed by atoms with Crippen molar-refractivity contribution in [1.82, 2.24) is 0 Å². The fourth-order valence-corrected chi connectivity index (χ4v) is 1.12. The number of methoxy groups -OCH3 is 1. The number of halogens is 3. The Bertz CT molecular complexity index is 389. The largest absolute Gasteiger partial charge is 0.513 e. The van der Waals surface area contributed by atoms with Crippen LogP contribution in [0.3, 0.4) is 0 Å². The second kappa shape index (κ2) is 3.84. The van der Waals surface area contributed by atoms with E-state index in [0.29, 0.717) is 6.07 Å². The van der Waals surface area contributed by atoms with Crippen LogP contribution in [0.25, 0.3) is 0 Å². The standard InChI is InChI=1S/C8H7BF3O3/c1-15-7-3-2-5(8(13)14)4-6(7)9(10,11)12/h2-4H,1H3,(H,13,14)/q-1. The van der Waals surface area contributed by atoms with E-state index in [9.17, 15) is 17.7 Å². The number of aromatic carboxylic acids is 1. The van der Waals surface area contributed by atoms with Crippen LogP contribution < -0.4 is 10.2 Å². The number of carboxylic acid groups (broad SMARTS) is 1. The summed E-state index contributed by atoms with van der Waals surface area (Å²) in [5.74, 6) is -1.77. The van der Waals surface area contributed by atoms with Gasteiger partial charge in [-0.05, 0) is 12.1 Å². The van der Waals surface area contributed by atoms with Crippen LogP contribution in [0.4, 0.5) is 12.9 Å². The molecule has 0 atom stereocenters. The monoisotopic (exact) mass is 219 g/mol. The van der Waals surface area contributed by atoms with Crippen LogP contribution in [-0.2, 0) is 0 Å². The van der Waals surface area contributed by atoms with Crippen LogP contribution in [0.2, 0.25) is 0 Å². The normalized spacial score (nSPS) is 11.2. The summed E-state index contributed by atoms with van der Waals surface area (Å²) >= 11 is 0. The predicted octanol–water partition coefficient (Wildman–Crippen LogP) is 1.45. The lowest BCUT2D eigenvalue weighted by Crippen LogP contribution is -2.35. The average Bonchev–Trinajstić information content (AvgIpc) is 2.15. The van der Waals surface area contributed by atoms with Gasteiger partial charge in [-0.15, -0.1) is 0 Å². The average molecular weight is 219 g/mol. The number of hydrogen-bond acceptors (Lipinski definition) is 2. The van der Waals surface area contributed by atoms with Crippen molar-refractivity contribution in [2.45, 2.75) is 0 Å². The summed E-state index contributed by atoms with van der Waals surface area (Å²) in [6, 6.07) is 2.63. The minimum Gasteiger partial charge on any atom is -0.500 e. The molecule has 15 heavy (non-hydrogen) atoms. The van der Waals surface area contributed by atoms with Gasteiger partial charge >= 0.3 is 12.9 Å². The molecule has 0 radical (unpaired) electrons. The van der Waals surface area contributed by atoms with Gasteiger partial charge in [0.25, 0.3) is 0 Å². The van der Waals surface area contributed by atoms with Crippen molar-refractivity contribution in [3.8, 4) is 5.75 Å². The summed E-state index contributed by atoms with van der Waals surface area (Å²) < 4.78 is 41.9. The third-order valence-electron chi connectivity index (χ3n) is 1.83. The first kappa shape index (κ1) is 11.4. The molecule has 1 N–H and O–H groups in total. The molecule has 82 valence electrons. The van der Waals surface area contributed by atoms with Crippen molar-refractivity contribution in [1.29, 1.82) is 0 Å². The molecule has 1 aromatic rings. The lowest BCUT2D eigenvalue weighted by atomic mass is 9.78. The molecule has 0 aromatic heterocycles. The van der Waals surface area contributed by atoms with E-state index in [1.165, 1.54) is 0 Å². The fourth-order valence-electron chi connectivity index (χ4n) is 1.12. The summed E-state index contributed by atoms with van der Waals surface area (Å²) in [4.78, 5) is 10.5. The third-order valence-corrected chi connectivity index (χ3v) is 1.83. The number of carboxylic acids is 1. The van der Waals surface area contributed by atoms with Crippen molar-refractivity contribution >= 4 is 18.4 Å². The zero-order valence-corrected chi connectivity index (χ0v) is 7.71. The second-order valence-electron chi connectivity index (χ2n) is 2.84. The van der Waals surface area contributed by atoms with Crippen LogP contribution in [0.1, 0.15) is 10.4 Å². The first-order chi connectivity index (χ1) is 6.86. The molecule has 0 amide bonds. The third kappa shape index (κ3) is 2.42. The summed E-state index contributed by atoms with van der Waals surface area (Å²) in [7, 11) is 1.10.